The number of hydrogen-bond acceptors (Lipinski definition) is 6. The van der Waals surface area contributed by atoms with Crippen molar-refractivity contribution in [3.8, 4) is 0 Å². The lowest BCUT2D eigenvalue weighted by Gasteiger charge is -2.58. The van der Waals surface area contributed by atoms with Crippen molar-refractivity contribution in [1.82, 2.24) is 0 Å². The van der Waals surface area contributed by atoms with Crippen molar-refractivity contribution in [2.24, 2.45) is 46.3 Å². The number of fused-ring (bicyclic) bond motifs is 5. The molecule has 0 amide bonds. The molecule has 5 rings (SSSR count). The number of aliphatic hydroxyl groups is 4. The summed E-state index contributed by atoms with van der Waals surface area (Å²) in [6.45, 7) is 12.0. The van der Waals surface area contributed by atoms with E-state index >= 15 is 0 Å². The number of hydrogen-bond donors (Lipinski definition) is 4. The van der Waals surface area contributed by atoms with Crippen LogP contribution < -0.4 is 0 Å². The summed E-state index contributed by atoms with van der Waals surface area (Å²) in [5, 5.41) is 40.3. The average molecular weight is 549 g/mol. The Morgan fingerprint density at radius 2 is 1.72 bits per heavy atom. The van der Waals surface area contributed by atoms with Crippen LogP contribution >= 0.6 is 0 Å². The van der Waals surface area contributed by atoms with Crippen molar-refractivity contribution in [3.63, 3.8) is 0 Å². The van der Waals surface area contributed by atoms with Gasteiger partial charge in [-0.3, -0.25) is 0 Å². The van der Waals surface area contributed by atoms with E-state index in [1.807, 2.05) is 0 Å². The lowest BCUT2D eigenvalue weighted by atomic mass is 9.47. The summed E-state index contributed by atoms with van der Waals surface area (Å²) >= 11 is 0. The van der Waals surface area contributed by atoms with Gasteiger partial charge in [0.2, 0.25) is 0 Å². The van der Waals surface area contributed by atoms with E-state index in [0.717, 1.165) is 54.8 Å². The highest BCUT2D eigenvalue weighted by Crippen LogP contribution is 2.67. The maximum atomic E-state index is 10.5. The molecule has 0 unspecified atom stereocenters. The second kappa shape index (κ2) is 11.6. The number of allylic oxidation sites excluding steroid dienone is 1. The summed E-state index contributed by atoms with van der Waals surface area (Å²) in [6.07, 6.45) is 9.98. The molecule has 4 fully saturated rings. The van der Waals surface area contributed by atoms with Gasteiger partial charge in [0.15, 0.2) is 6.29 Å². The Labute approximate surface area is 236 Å². The third-order valence-electron chi connectivity index (χ3n) is 12.4. The van der Waals surface area contributed by atoms with Gasteiger partial charge < -0.3 is 29.9 Å². The van der Waals surface area contributed by atoms with Crippen LogP contribution in [-0.2, 0) is 9.47 Å². The molecule has 0 spiro atoms. The summed E-state index contributed by atoms with van der Waals surface area (Å²) in [5.41, 5.74) is 2.20. The quantitative estimate of drug-likeness (QED) is 0.311. The monoisotopic (exact) mass is 548 g/mol. The van der Waals surface area contributed by atoms with Crippen molar-refractivity contribution in [2.75, 3.05) is 6.61 Å². The Balaban J connectivity index is 1.24. The molecular formula is C33H56O6. The molecule has 4 N–H and O–H groups in total. The fraction of sp³-hybridized carbons (Fsp3) is 0.939. The van der Waals surface area contributed by atoms with Gasteiger partial charge in [-0.2, -0.15) is 0 Å². The molecule has 1 saturated heterocycles. The van der Waals surface area contributed by atoms with Crippen molar-refractivity contribution >= 4 is 0 Å². The van der Waals surface area contributed by atoms with Gasteiger partial charge in [0.25, 0.3) is 0 Å². The van der Waals surface area contributed by atoms with Gasteiger partial charge in [0, 0.05) is 0 Å². The zero-order chi connectivity index (χ0) is 28.1. The minimum atomic E-state index is -1.39. The van der Waals surface area contributed by atoms with Gasteiger partial charge in [-0.25, -0.2) is 0 Å². The highest BCUT2D eigenvalue weighted by atomic mass is 16.7. The van der Waals surface area contributed by atoms with Crippen LogP contribution in [0.3, 0.4) is 0 Å². The first-order valence-electron chi connectivity index (χ1n) is 16.1. The lowest BCUT2D eigenvalue weighted by molar-refractivity contribution is -0.313. The standard InChI is InChI=1S/C33H56O6/c1-19(2)7-6-8-20(3)24-11-12-25-23-10-9-21-17-22(13-15-32(21,4)26(23)14-16-33(24,25)5)38-31-30(37)29(36)28(35)27(18-34)39-31/h9,19-20,22-31,34-37H,6-8,10-18H2,1-5H3/t20-,22+,23+,24-,25+,26+,27-,28+,29-,30+,31+,32+,33-/m1/s1. The highest BCUT2D eigenvalue weighted by Gasteiger charge is 2.59. The summed E-state index contributed by atoms with van der Waals surface area (Å²) < 4.78 is 11.9. The van der Waals surface area contributed by atoms with Crippen molar-refractivity contribution in [1.29, 1.82) is 0 Å². The Bertz CT molecular complexity index is 872. The smallest absolute Gasteiger partial charge is 0.186 e. The van der Waals surface area contributed by atoms with Crippen molar-refractivity contribution in [2.45, 2.75) is 142 Å². The van der Waals surface area contributed by atoms with E-state index in [1.54, 1.807) is 0 Å². The van der Waals surface area contributed by atoms with E-state index in [2.05, 4.69) is 40.7 Å². The first kappa shape index (κ1) is 30.0. The molecule has 1 heterocycles. The van der Waals surface area contributed by atoms with E-state index in [9.17, 15) is 20.4 Å². The Hall–Kier alpha value is -0.500. The van der Waals surface area contributed by atoms with Crippen LogP contribution in [0.4, 0.5) is 0 Å². The largest absolute Gasteiger partial charge is 0.394 e. The van der Waals surface area contributed by atoms with E-state index in [0.29, 0.717) is 5.41 Å². The Kier molecular flexibility index (Phi) is 8.95. The first-order valence-corrected chi connectivity index (χ1v) is 16.1. The average Bonchev–Trinajstić information content (AvgIpc) is 3.26. The Morgan fingerprint density at radius 3 is 2.44 bits per heavy atom. The molecule has 0 radical (unpaired) electrons. The molecule has 13 atom stereocenters. The molecule has 0 bridgehead atoms. The number of ether oxygens (including phenoxy) is 2. The van der Waals surface area contributed by atoms with Gasteiger partial charge in [-0.05, 0) is 97.7 Å². The highest BCUT2D eigenvalue weighted by molar-refractivity contribution is 5.25. The predicted octanol–water partition coefficient (Wildman–Crippen LogP) is 5.21. The number of rotatable bonds is 8. The molecule has 3 saturated carbocycles. The lowest BCUT2D eigenvalue weighted by Crippen LogP contribution is -2.60. The van der Waals surface area contributed by atoms with Gasteiger partial charge in [-0.1, -0.05) is 65.5 Å². The van der Waals surface area contributed by atoms with E-state index < -0.39 is 37.3 Å². The Morgan fingerprint density at radius 1 is 0.949 bits per heavy atom. The van der Waals surface area contributed by atoms with Crippen LogP contribution in [0.2, 0.25) is 0 Å². The summed E-state index contributed by atoms with van der Waals surface area (Å²) in [4.78, 5) is 0. The normalized spacial score (nSPS) is 48.7. The van der Waals surface area contributed by atoms with Crippen LogP contribution in [0.1, 0.15) is 105 Å². The molecule has 224 valence electrons. The molecule has 0 aromatic heterocycles. The minimum Gasteiger partial charge on any atom is -0.394 e. The summed E-state index contributed by atoms with van der Waals surface area (Å²) in [6, 6.07) is 0. The predicted molar refractivity (Wildman–Crippen MR) is 152 cm³/mol. The second-order valence-corrected chi connectivity index (χ2v) is 15.0. The zero-order valence-corrected chi connectivity index (χ0v) is 25.1. The second-order valence-electron chi connectivity index (χ2n) is 15.0. The molecule has 6 heteroatoms. The molecule has 0 aromatic carbocycles. The molecule has 0 aromatic rings. The molecule has 4 aliphatic carbocycles. The minimum absolute atomic E-state index is 0.0984. The van der Waals surface area contributed by atoms with Crippen LogP contribution in [-0.4, -0.2) is 63.8 Å². The van der Waals surface area contributed by atoms with E-state index in [4.69, 9.17) is 9.47 Å². The third kappa shape index (κ3) is 5.41. The van der Waals surface area contributed by atoms with E-state index in [1.165, 1.54) is 56.9 Å². The zero-order valence-electron chi connectivity index (χ0n) is 25.1. The van der Waals surface area contributed by atoms with E-state index in [-0.39, 0.29) is 11.5 Å². The summed E-state index contributed by atoms with van der Waals surface area (Å²) in [5.74, 6) is 4.87. The fourth-order valence-electron chi connectivity index (χ4n) is 10.1. The molecular weight excluding hydrogens is 492 g/mol. The first-order chi connectivity index (χ1) is 18.5. The van der Waals surface area contributed by atoms with Crippen molar-refractivity contribution in [3.05, 3.63) is 11.6 Å². The van der Waals surface area contributed by atoms with Crippen molar-refractivity contribution < 1.29 is 29.9 Å². The molecule has 6 nitrogen and oxygen atoms in total. The van der Waals surface area contributed by atoms with Crippen LogP contribution in [0.15, 0.2) is 11.6 Å². The maximum absolute atomic E-state index is 10.5. The third-order valence-corrected chi connectivity index (χ3v) is 12.4. The maximum Gasteiger partial charge on any atom is 0.186 e. The summed E-state index contributed by atoms with van der Waals surface area (Å²) in [7, 11) is 0. The SMILES string of the molecule is CC(C)CCC[C@@H](C)[C@H]1CC[C@H]2[C@@H]3CC=C4C[C@@H](O[C@H]5O[C@H](CO)[C@H](O)[C@@H](O)[C@@H]5O)CC[C@]4(C)[C@H]3CC[C@]12C. The van der Waals surface area contributed by atoms with Gasteiger partial charge in [0.1, 0.15) is 24.4 Å². The van der Waals surface area contributed by atoms with Crippen LogP contribution in [0.5, 0.6) is 0 Å². The topological polar surface area (TPSA) is 99.4 Å². The van der Waals surface area contributed by atoms with Crippen LogP contribution in [0.25, 0.3) is 0 Å². The van der Waals surface area contributed by atoms with Gasteiger partial charge in [-0.15, -0.1) is 0 Å². The number of aliphatic hydroxyl groups excluding tert-OH is 4. The van der Waals surface area contributed by atoms with Crippen LogP contribution in [0, 0.1) is 46.3 Å². The van der Waals surface area contributed by atoms with Gasteiger partial charge in [0.05, 0.1) is 12.7 Å². The molecule has 39 heavy (non-hydrogen) atoms. The molecule has 5 aliphatic rings. The molecule has 1 aliphatic heterocycles. The van der Waals surface area contributed by atoms with Gasteiger partial charge >= 0.3 is 0 Å². The fourth-order valence-corrected chi connectivity index (χ4v) is 10.1.